The molecule has 8 heteroatoms. The number of piperidine rings is 1. The summed E-state index contributed by atoms with van der Waals surface area (Å²) in [6.07, 6.45) is 6.85. The fourth-order valence-electron chi connectivity index (χ4n) is 3.70. The highest BCUT2D eigenvalue weighted by Crippen LogP contribution is 2.27. The molecule has 1 aliphatic rings. The van der Waals surface area contributed by atoms with E-state index < -0.39 is 0 Å². The second-order valence-corrected chi connectivity index (χ2v) is 7.51. The monoisotopic (exact) mass is 412 g/mol. The predicted molar refractivity (Wildman–Crippen MR) is 118 cm³/mol. The molecule has 0 bridgehead atoms. The second kappa shape index (κ2) is 10.7. The van der Waals surface area contributed by atoms with Gasteiger partial charge in [0.15, 0.2) is 5.96 Å². The number of rotatable bonds is 7. The molecule has 2 unspecified atom stereocenters. The molecule has 2 N–H and O–H groups in total. The number of ether oxygens (including phenoxy) is 1. The summed E-state index contributed by atoms with van der Waals surface area (Å²) in [7, 11) is 1.61. The van der Waals surface area contributed by atoms with Crippen molar-refractivity contribution in [3.05, 3.63) is 48.5 Å². The van der Waals surface area contributed by atoms with Crippen LogP contribution in [0.1, 0.15) is 36.7 Å². The van der Waals surface area contributed by atoms with Crippen molar-refractivity contribution < 1.29 is 9.53 Å². The first-order chi connectivity index (χ1) is 14.6. The number of methoxy groups -OCH3 is 1. The number of carbonyl (C=O) groups excluding carboxylic acids is 1. The Labute approximate surface area is 178 Å². The van der Waals surface area contributed by atoms with Gasteiger partial charge in [0.2, 0.25) is 0 Å². The fourth-order valence-corrected chi connectivity index (χ4v) is 3.70. The van der Waals surface area contributed by atoms with E-state index >= 15 is 0 Å². The fraction of sp³-hybridized carbons (Fsp3) is 0.500. The van der Waals surface area contributed by atoms with Gasteiger partial charge in [-0.1, -0.05) is 6.92 Å². The number of benzene rings is 1. The predicted octanol–water partition coefficient (Wildman–Crippen LogP) is 2.17. The number of hydrogen-bond donors (Lipinski definition) is 2. The number of nitrogens with one attached hydrogen (secondary N) is 2. The Bertz CT molecular complexity index is 819. The zero-order valence-electron chi connectivity index (χ0n) is 18.0. The summed E-state index contributed by atoms with van der Waals surface area (Å²) < 4.78 is 7.32. The maximum absolute atomic E-state index is 12.3. The van der Waals surface area contributed by atoms with Crippen molar-refractivity contribution in [2.75, 3.05) is 39.8 Å². The van der Waals surface area contributed by atoms with Gasteiger partial charge >= 0.3 is 0 Å². The van der Waals surface area contributed by atoms with Crippen LogP contribution in [0.2, 0.25) is 0 Å². The van der Waals surface area contributed by atoms with E-state index in [1.54, 1.807) is 31.4 Å². The first-order valence-electron chi connectivity index (χ1n) is 10.5. The van der Waals surface area contributed by atoms with Crippen LogP contribution in [0.25, 0.3) is 0 Å². The van der Waals surface area contributed by atoms with Gasteiger partial charge in [-0.3, -0.25) is 9.79 Å². The average molecular weight is 413 g/mol. The number of aromatic nitrogens is 2. The quantitative estimate of drug-likeness (QED) is 0.414. The number of guanidine groups is 1. The van der Waals surface area contributed by atoms with E-state index in [2.05, 4.69) is 38.9 Å². The summed E-state index contributed by atoms with van der Waals surface area (Å²) in [5, 5.41) is 6.32. The van der Waals surface area contributed by atoms with Gasteiger partial charge in [-0.05, 0) is 43.5 Å². The van der Waals surface area contributed by atoms with Gasteiger partial charge in [-0.2, -0.15) is 0 Å². The number of amides is 1. The maximum Gasteiger partial charge on any atom is 0.251 e. The van der Waals surface area contributed by atoms with Crippen LogP contribution in [-0.2, 0) is 0 Å². The van der Waals surface area contributed by atoms with Crippen LogP contribution in [0, 0.1) is 5.92 Å². The van der Waals surface area contributed by atoms with Gasteiger partial charge in [0.05, 0.1) is 26.0 Å². The number of likely N-dealkylation sites (tertiary alicyclic amines) is 1. The van der Waals surface area contributed by atoms with Crippen LogP contribution in [0.3, 0.4) is 0 Å². The summed E-state index contributed by atoms with van der Waals surface area (Å²) >= 11 is 0. The van der Waals surface area contributed by atoms with Gasteiger partial charge in [0, 0.05) is 44.1 Å². The minimum atomic E-state index is -0.107. The van der Waals surface area contributed by atoms with E-state index in [-0.39, 0.29) is 5.91 Å². The molecule has 0 saturated carbocycles. The van der Waals surface area contributed by atoms with Gasteiger partial charge in [0.25, 0.3) is 5.91 Å². The van der Waals surface area contributed by atoms with Gasteiger partial charge in [0.1, 0.15) is 5.75 Å². The molecular formula is C22H32N6O2. The summed E-state index contributed by atoms with van der Waals surface area (Å²) in [6.45, 7) is 8.03. The Morgan fingerprint density at radius 1 is 1.30 bits per heavy atom. The van der Waals surface area contributed by atoms with Gasteiger partial charge in [-0.25, -0.2) is 4.98 Å². The lowest BCUT2D eigenvalue weighted by Crippen LogP contribution is -2.49. The molecule has 0 radical (unpaired) electrons. The lowest BCUT2D eigenvalue weighted by atomic mass is 9.93. The van der Waals surface area contributed by atoms with E-state index in [0.717, 1.165) is 37.8 Å². The molecule has 1 aromatic carbocycles. The Morgan fingerprint density at radius 2 is 2.10 bits per heavy atom. The minimum Gasteiger partial charge on any atom is -0.497 e. The molecule has 2 aromatic rings. The van der Waals surface area contributed by atoms with Crippen molar-refractivity contribution in [3.63, 3.8) is 0 Å². The number of aliphatic imine (C=N–C) groups is 1. The third-order valence-electron chi connectivity index (χ3n) is 5.47. The second-order valence-electron chi connectivity index (χ2n) is 7.51. The van der Waals surface area contributed by atoms with Crippen LogP contribution >= 0.6 is 0 Å². The first kappa shape index (κ1) is 21.7. The Balaban J connectivity index is 1.55. The topological polar surface area (TPSA) is 83.8 Å². The molecule has 3 rings (SSSR count). The number of imidazole rings is 1. The van der Waals surface area contributed by atoms with Crippen molar-refractivity contribution in [1.29, 1.82) is 0 Å². The van der Waals surface area contributed by atoms with Crippen molar-refractivity contribution in [3.8, 4) is 5.75 Å². The normalized spacial score (nSPS) is 19.4. The molecular weight excluding hydrogens is 380 g/mol. The molecule has 1 saturated heterocycles. The standard InChI is InChI=1S/C22H32N6O2/c1-4-24-22(27-13-9-17(2)20(15-27)28-14-12-23-16-28)26-11-10-25-21(29)18-5-7-19(30-3)8-6-18/h5-8,12,14,16-17,20H,4,9-11,13,15H2,1-3H3,(H,24,26)(H,25,29). The van der Waals surface area contributed by atoms with Crippen molar-refractivity contribution in [2.24, 2.45) is 10.9 Å². The van der Waals surface area contributed by atoms with Crippen LogP contribution in [0.5, 0.6) is 5.75 Å². The van der Waals surface area contributed by atoms with Crippen LogP contribution in [0.4, 0.5) is 0 Å². The van der Waals surface area contributed by atoms with Crippen LogP contribution in [-0.4, -0.2) is 66.2 Å². The molecule has 0 aliphatic carbocycles. The molecule has 162 valence electrons. The van der Waals surface area contributed by atoms with Crippen LogP contribution in [0.15, 0.2) is 48.0 Å². The zero-order valence-corrected chi connectivity index (χ0v) is 18.0. The maximum atomic E-state index is 12.3. The smallest absolute Gasteiger partial charge is 0.251 e. The summed E-state index contributed by atoms with van der Waals surface area (Å²) in [5.41, 5.74) is 0.611. The molecule has 2 atom stereocenters. The van der Waals surface area contributed by atoms with Gasteiger partial charge in [-0.15, -0.1) is 0 Å². The van der Waals surface area contributed by atoms with Crippen molar-refractivity contribution in [1.82, 2.24) is 25.1 Å². The highest BCUT2D eigenvalue weighted by atomic mass is 16.5. The lowest BCUT2D eigenvalue weighted by Gasteiger charge is -2.39. The highest BCUT2D eigenvalue weighted by Gasteiger charge is 2.28. The van der Waals surface area contributed by atoms with E-state index in [0.29, 0.717) is 30.6 Å². The Morgan fingerprint density at radius 3 is 2.77 bits per heavy atom. The third-order valence-corrected chi connectivity index (χ3v) is 5.47. The molecule has 30 heavy (non-hydrogen) atoms. The number of nitrogens with zero attached hydrogens (tertiary/aromatic N) is 4. The van der Waals surface area contributed by atoms with Crippen LogP contribution < -0.4 is 15.4 Å². The Kier molecular flexibility index (Phi) is 7.70. The molecule has 1 fully saturated rings. The average Bonchev–Trinajstić information content (AvgIpc) is 3.31. The van der Waals surface area contributed by atoms with E-state index in [1.807, 2.05) is 18.7 Å². The molecule has 1 aliphatic heterocycles. The Hall–Kier alpha value is -3.03. The molecule has 2 heterocycles. The van der Waals surface area contributed by atoms with E-state index in [4.69, 9.17) is 9.73 Å². The summed E-state index contributed by atoms with van der Waals surface area (Å²) in [6, 6.07) is 7.45. The van der Waals surface area contributed by atoms with Crippen molar-refractivity contribution >= 4 is 11.9 Å². The van der Waals surface area contributed by atoms with E-state index in [9.17, 15) is 4.79 Å². The molecule has 1 amide bonds. The first-order valence-corrected chi connectivity index (χ1v) is 10.5. The third kappa shape index (κ3) is 5.52. The molecule has 0 spiro atoms. The van der Waals surface area contributed by atoms with Crippen molar-refractivity contribution in [2.45, 2.75) is 26.3 Å². The SMILES string of the molecule is CCNC(=NCCNC(=O)c1ccc(OC)cc1)N1CCC(C)C(n2ccnc2)C1. The minimum absolute atomic E-state index is 0.107. The zero-order chi connectivity index (χ0) is 21.3. The molecule has 1 aromatic heterocycles. The largest absolute Gasteiger partial charge is 0.497 e. The molecule has 8 nitrogen and oxygen atoms in total. The van der Waals surface area contributed by atoms with E-state index in [1.165, 1.54) is 0 Å². The summed E-state index contributed by atoms with van der Waals surface area (Å²) in [4.78, 5) is 23.5. The highest BCUT2D eigenvalue weighted by molar-refractivity contribution is 5.94. The summed E-state index contributed by atoms with van der Waals surface area (Å²) in [5.74, 6) is 2.11. The lowest BCUT2D eigenvalue weighted by molar-refractivity contribution is 0.0954. The van der Waals surface area contributed by atoms with Gasteiger partial charge < -0.3 is 24.8 Å². The number of carbonyl (C=O) groups is 1. The number of hydrogen-bond acceptors (Lipinski definition) is 4.